The molecule has 29 heavy (non-hydrogen) atoms. The molecule has 0 aliphatic rings. The third-order valence-corrected chi connectivity index (χ3v) is 4.74. The van der Waals surface area contributed by atoms with Crippen molar-refractivity contribution >= 4 is 28.9 Å². The van der Waals surface area contributed by atoms with Crippen molar-refractivity contribution in [3.63, 3.8) is 0 Å². The summed E-state index contributed by atoms with van der Waals surface area (Å²) in [6.07, 6.45) is 8.73. The van der Waals surface area contributed by atoms with Crippen LogP contribution in [0.15, 0.2) is 53.3 Å². The summed E-state index contributed by atoms with van der Waals surface area (Å²) < 4.78 is 0. The van der Waals surface area contributed by atoms with Gasteiger partial charge in [0.05, 0.1) is 17.6 Å². The summed E-state index contributed by atoms with van der Waals surface area (Å²) in [4.78, 5) is 14.2. The second-order valence-electron chi connectivity index (χ2n) is 6.96. The van der Waals surface area contributed by atoms with Gasteiger partial charge in [0.25, 0.3) is 5.56 Å². The van der Waals surface area contributed by atoms with Crippen LogP contribution in [-0.4, -0.2) is 41.8 Å². The third kappa shape index (κ3) is 6.08. The molecular formula is C23H27ClN4O. The highest BCUT2D eigenvalue weighted by molar-refractivity contribution is 5.94. The summed E-state index contributed by atoms with van der Waals surface area (Å²) in [6.45, 7) is 2.66. The summed E-state index contributed by atoms with van der Waals surface area (Å²) in [7, 11) is 2.05. The summed E-state index contributed by atoms with van der Waals surface area (Å²) in [6, 6.07) is 15.7. The van der Waals surface area contributed by atoms with Crippen molar-refractivity contribution in [3.8, 4) is 23.6 Å². The van der Waals surface area contributed by atoms with E-state index >= 15 is 0 Å². The maximum absolute atomic E-state index is 12.0. The van der Waals surface area contributed by atoms with Crippen LogP contribution in [0.4, 0.5) is 5.69 Å². The number of unbranched alkanes of at least 4 members (excludes halogenated alkanes) is 2. The van der Waals surface area contributed by atoms with Gasteiger partial charge in [0.2, 0.25) is 0 Å². The van der Waals surface area contributed by atoms with Gasteiger partial charge in [-0.2, -0.15) is 5.10 Å². The second-order valence-corrected chi connectivity index (χ2v) is 6.96. The van der Waals surface area contributed by atoms with E-state index in [-0.39, 0.29) is 18.0 Å². The first-order valence-corrected chi connectivity index (χ1v) is 9.63. The predicted octanol–water partition coefficient (Wildman–Crippen LogP) is 4.16. The largest absolute Gasteiger partial charge is 0.385 e. The van der Waals surface area contributed by atoms with Crippen molar-refractivity contribution in [2.45, 2.75) is 19.3 Å². The van der Waals surface area contributed by atoms with E-state index in [4.69, 9.17) is 6.42 Å². The molecule has 2 N–H and O–H groups in total. The first-order chi connectivity index (χ1) is 13.7. The van der Waals surface area contributed by atoms with Gasteiger partial charge in [-0.05, 0) is 44.6 Å². The van der Waals surface area contributed by atoms with Crippen LogP contribution in [0.25, 0.3) is 22.0 Å². The van der Waals surface area contributed by atoms with E-state index < -0.39 is 0 Å². The number of halogens is 1. The Morgan fingerprint density at radius 1 is 1.10 bits per heavy atom. The average molecular weight is 411 g/mol. The summed E-state index contributed by atoms with van der Waals surface area (Å²) in [5, 5.41) is 11.9. The number of benzene rings is 2. The summed E-state index contributed by atoms with van der Waals surface area (Å²) >= 11 is 0. The van der Waals surface area contributed by atoms with Crippen molar-refractivity contribution in [2.75, 3.05) is 32.0 Å². The van der Waals surface area contributed by atoms with E-state index in [0.29, 0.717) is 11.9 Å². The Labute approximate surface area is 177 Å². The molecule has 0 saturated heterocycles. The van der Waals surface area contributed by atoms with Crippen LogP contribution in [0.5, 0.6) is 0 Å². The third-order valence-electron chi connectivity index (χ3n) is 4.74. The van der Waals surface area contributed by atoms with Crippen LogP contribution in [0.1, 0.15) is 19.3 Å². The molecule has 1 heterocycles. The molecule has 6 heteroatoms. The number of anilines is 1. The first-order valence-electron chi connectivity index (χ1n) is 9.63. The number of nitrogens with zero attached hydrogens (tertiary/aromatic N) is 2. The molecule has 1 aromatic heterocycles. The number of terminal acetylenes is 1. The minimum atomic E-state index is -0.165. The highest BCUT2D eigenvalue weighted by Gasteiger charge is 2.08. The molecule has 5 nitrogen and oxygen atoms in total. The van der Waals surface area contributed by atoms with Crippen molar-refractivity contribution < 1.29 is 0 Å². The van der Waals surface area contributed by atoms with E-state index in [1.165, 1.54) is 0 Å². The molecule has 0 saturated carbocycles. The zero-order chi connectivity index (χ0) is 19.8. The van der Waals surface area contributed by atoms with Gasteiger partial charge in [0.15, 0.2) is 0 Å². The van der Waals surface area contributed by atoms with Gasteiger partial charge in [-0.25, -0.2) is 5.10 Å². The molecule has 0 atom stereocenters. The lowest BCUT2D eigenvalue weighted by Gasteiger charge is -2.13. The van der Waals surface area contributed by atoms with Crippen LogP contribution in [0.2, 0.25) is 0 Å². The smallest absolute Gasteiger partial charge is 0.272 e. The molecular weight excluding hydrogens is 384 g/mol. The Balaban J connectivity index is 0.00000300. The number of aromatic nitrogens is 2. The predicted molar refractivity (Wildman–Crippen MR) is 124 cm³/mol. The Kier molecular flexibility index (Phi) is 8.72. The van der Waals surface area contributed by atoms with Crippen LogP contribution in [-0.2, 0) is 0 Å². The molecule has 0 aliphatic carbocycles. The number of rotatable bonds is 9. The summed E-state index contributed by atoms with van der Waals surface area (Å²) in [5.74, 6) is 2.66. The highest BCUT2D eigenvalue weighted by atomic mass is 35.5. The quantitative estimate of drug-likeness (QED) is 0.410. The lowest BCUT2D eigenvalue weighted by Crippen LogP contribution is -2.19. The maximum Gasteiger partial charge on any atom is 0.272 e. The fourth-order valence-corrected chi connectivity index (χ4v) is 3.26. The normalized spacial score (nSPS) is 10.5. The van der Waals surface area contributed by atoms with Gasteiger partial charge < -0.3 is 5.32 Å². The standard InChI is InChI=1S/C23H26N4O.ClH/c1-3-15-27(2)16-8-4-7-14-24-19-11-9-10-18(17-19)22-20-12-5-6-13-21(20)23(28)26-25-22;/h1,5-6,9-13,17,24H,4,7-8,14-16H2,2H3,(H,26,28);1H. The van der Waals surface area contributed by atoms with Gasteiger partial charge in [-0.15, -0.1) is 18.8 Å². The molecule has 0 spiro atoms. The number of nitrogens with one attached hydrogen (secondary N) is 2. The second kappa shape index (κ2) is 11.3. The Morgan fingerprint density at radius 2 is 1.90 bits per heavy atom. The average Bonchev–Trinajstić information content (AvgIpc) is 2.71. The van der Waals surface area contributed by atoms with Gasteiger partial charge in [-0.3, -0.25) is 9.69 Å². The lowest BCUT2D eigenvalue weighted by molar-refractivity contribution is 0.363. The van der Waals surface area contributed by atoms with E-state index in [2.05, 4.69) is 45.5 Å². The molecule has 3 rings (SSSR count). The van der Waals surface area contributed by atoms with Gasteiger partial charge in [0.1, 0.15) is 0 Å². The summed E-state index contributed by atoms with van der Waals surface area (Å²) in [5.41, 5.74) is 2.66. The molecule has 3 aromatic rings. The minimum absolute atomic E-state index is 0. The lowest BCUT2D eigenvalue weighted by atomic mass is 10.0. The fourth-order valence-electron chi connectivity index (χ4n) is 3.26. The van der Waals surface area contributed by atoms with Crippen molar-refractivity contribution in [1.82, 2.24) is 15.1 Å². The monoisotopic (exact) mass is 410 g/mol. The maximum atomic E-state index is 12.0. The van der Waals surface area contributed by atoms with E-state index in [9.17, 15) is 4.79 Å². The molecule has 0 aliphatic heterocycles. The highest BCUT2D eigenvalue weighted by Crippen LogP contribution is 2.26. The number of fused-ring (bicyclic) bond motifs is 1. The number of hydrogen-bond acceptors (Lipinski definition) is 4. The number of aromatic amines is 1. The van der Waals surface area contributed by atoms with E-state index in [1.54, 1.807) is 0 Å². The molecule has 0 radical (unpaired) electrons. The number of H-pyrrole nitrogens is 1. The van der Waals surface area contributed by atoms with Gasteiger partial charge in [-0.1, -0.05) is 42.7 Å². The van der Waals surface area contributed by atoms with E-state index in [1.807, 2.05) is 36.4 Å². The fraction of sp³-hybridized carbons (Fsp3) is 0.304. The topological polar surface area (TPSA) is 61.0 Å². The Morgan fingerprint density at radius 3 is 2.69 bits per heavy atom. The Hall–Kier alpha value is -2.81. The molecule has 0 fully saturated rings. The first kappa shape index (κ1) is 22.5. The van der Waals surface area contributed by atoms with Crippen LogP contribution >= 0.6 is 12.4 Å². The van der Waals surface area contributed by atoms with Crippen molar-refractivity contribution in [3.05, 3.63) is 58.9 Å². The van der Waals surface area contributed by atoms with E-state index in [0.717, 1.165) is 54.7 Å². The zero-order valence-corrected chi connectivity index (χ0v) is 17.5. The van der Waals surface area contributed by atoms with Crippen LogP contribution in [0.3, 0.4) is 0 Å². The van der Waals surface area contributed by atoms with Crippen molar-refractivity contribution in [2.24, 2.45) is 0 Å². The molecule has 0 bridgehead atoms. The molecule has 2 aromatic carbocycles. The van der Waals surface area contributed by atoms with Crippen molar-refractivity contribution in [1.29, 1.82) is 0 Å². The molecule has 0 unspecified atom stereocenters. The van der Waals surface area contributed by atoms with Crippen LogP contribution < -0.4 is 10.9 Å². The molecule has 0 amide bonds. The Bertz CT molecular complexity index is 1030. The molecule has 152 valence electrons. The van der Waals surface area contributed by atoms with Crippen LogP contribution in [0, 0.1) is 12.3 Å². The zero-order valence-electron chi connectivity index (χ0n) is 16.6. The van der Waals surface area contributed by atoms with Gasteiger partial charge >= 0.3 is 0 Å². The van der Waals surface area contributed by atoms with Gasteiger partial charge in [0, 0.05) is 23.2 Å². The SMILES string of the molecule is C#CCN(C)CCCCCNc1cccc(-c2n[nH]c(=O)c3ccccc23)c1.Cl. The number of hydrogen-bond donors (Lipinski definition) is 2. The minimum Gasteiger partial charge on any atom is -0.385 e.